The molecule has 0 spiro atoms. The SMILES string of the molecule is COc1cccc(C(=S)NC[C@@H]2CCCO2)c1OCc1c(Cl)cccc1Cl. The maximum Gasteiger partial charge on any atom is 0.171 e. The van der Waals surface area contributed by atoms with Crippen LogP contribution in [0.15, 0.2) is 36.4 Å². The van der Waals surface area contributed by atoms with Crippen LogP contribution in [0.1, 0.15) is 24.0 Å². The van der Waals surface area contributed by atoms with Crippen LogP contribution in [0.25, 0.3) is 0 Å². The van der Waals surface area contributed by atoms with Gasteiger partial charge in [0.15, 0.2) is 11.5 Å². The van der Waals surface area contributed by atoms with Crippen molar-refractivity contribution in [3.05, 3.63) is 57.6 Å². The van der Waals surface area contributed by atoms with Crippen molar-refractivity contribution in [2.24, 2.45) is 0 Å². The molecule has 1 N–H and O–H groups in total. The lowest BCUT2D eigenvalue weighted by Gasteiger charge is -2.18. The molecule has 0 saturated carbocycles. The second kappa shape index (κ2) is 9.60. The van der Waals surface area contributed by atoms with Gasteiger partial charge >= 0.3 is 0 Å². The van der Waals surface area contributed by atoms with Crippen molar-refractivity contribution in [2.45, 2.75) is 25.6 Å². The fourth-order valence-corrected chi connectivity index (χ4v) is 3.68. The average molecular weight is 426 g/mol. The monoisotopic (exact) mass is 425 g/mol. The third kappa shape index (κ3) is 5.05. The van der Waals surface area contributed by atoms with E-state index in [4.69, 9.17) is 49.6 Å². The van der Waals surface area contributed by atoms with Gasteiger partial charge in [0.25, 0.3) is 0 Å². The average Bonchev–Trinajstić information content (AvgIpc) is 3.19. The number of benzene rings is 2. The van der Waals surface area contributed by atoms with Crippen LogP contribution < -0.4 is 14.8 Å². The molecule has 0 aliphatic carbocycles. The van der Waals surface area contributed by atoms with Crippen molar-refractivity contribution in [3.8, 4) is 11.5 Å². The normalized spacial score (nSPS) is 16.2. The zero-order chi connectivity index (χ0) is 19.2. The molecule has 1 heterocycles. The molecule has 3 rings (SSSR count). The highest BCUT2D eigenvalue weighted by molar-refractivity contribution is 7.80. The summed E-state index contributed by atoms with van der Waals surface area (Å²) in [5, 5.41) is 4.38. The molecule has 144 valence electrons. The molecule has 0 amide bonds. The van der Waals surface area contributed by atoms with Crippen LogP contribution >= 0.6 is 35.4 Å². The summed E-state index contributed by atoms with van der Waals surface area (Å²) in [6.07, 6.45) is 2.33. The lowest BCUT2D eigenvalue weighted by Crippen LogP contribution is -2.31. The molecule has 0 aromatic heterocycles. The Morgan fingerprint density at radius 1 is 1.22 bits per heavy atom. The first-order valence-electron chi connectivity index (χ1n) is 8.72. The molecular weight excluding hydrogens is 405 g/mol. The molecule has 0 radical (unpaired) electrons. The summed E-state index contributed by atoms with van der Waals surface area (Å²) in [5.41, 5.74) is 1.47. The number of nitrogens with one attached hydrogen (secondary N) is 1. The van der Waals surface area contributed by atoms with E-state index in [0.717, 1.165) is 30.6 Å². The number of methoxy groups -OCH3 is 1. The van der Waals surface area contributed by atoms with E-state index in [0.29, 0.717) is 33.1 Å². The smallest absolute Gasteiger partial charge is 0.171 e. The molecule has 1 atom stereocenters. The number of hydrogen-bond donors (Lipinski definition) is 1. The summed E-state index contributed by atoms with van der Waals surface area (Å²) in [5.74, 6) is 1.15. The van der Waals surface area contributed by atoms with Crippen LogP contribution in [0.3, 0.4) is 0 Å². The number of ether oxygens (including phenoxy) is 3. The van der Waals surface area contributed by atoms with E-state index in [9.17, 15) is 0 Å². The van der Waals surface area contributed by atoms with Gasteiger partial charge in [-0.15, -0.1) is 0 Å². The van der Waals surface area contributed by atoms with Gasteiger partial charge in [-0.25, -0.2) is 0 Å². The van der Waals surface area contributed by atoms with Gasteiger partial charge in [-0.1, -0.05) is 47.6 Å². The zero-order valence-electron chi connectivity index (χ0n) is 15.0. The fourth-order valence-electron chi connectivity index (χ4n) is 2.93. The molecule has 7 heteroatoms. The Bertz CT molecular complexity index is 790. The maximum absolute atomic E-state index is 6.25. The molecule has 0 bridgehead atoms. The van der Waals surface area contributed by atoms with Crippen molar-refractivity contribution in [2.75, 3.05) is 20.3 Å². The fraction of sp³-hybridized carbons (Fsp3) is 0.350. The molecule has 1 fully saturated rings. The summed E-state index contributed by atoms with van der Waals surface area (Å²) >= 11 is 18.1. The Balaban J connectivity index is 1.77. The standard InChI is InChI=1S/C20H21Cl2NO3S/c1-24-18-9-2-6-14(20(27)23-11-13-5-4-10-25-13)19(18)26-12-15-16(21)7-3-8-17(15)22/h2-3,6-9,13H,4-5,10-12H2,1H3,(H,23,27)/t13-/m0/s1. The van der Waals surface area contributed by atoms with Gasteiger partial charge in [-0.3, -0.25) is 0 Å². The highest BCUT2D eigenvalue weighted by Crippen LogP contribution is 2.34. The molecule has 1 saturated heterocycles. The van der Waals surface area contributed by atoms with Crippen LogP contribution in [-0.4, -0.2) is 31.4 Å². The van der Waals surface area contributed by atoms with E-state index in [1.54, 1.807) is 25.3 Å². The first-order valence-corrected chi connectivity index (χ1v) is 9.89. The number of rotatable bonds is 7. The minimum Gasteiger partial charge on any atom is -0.493 e. The zero-order valence-corrected chi connectivity index (χ0v) is 17.3. The lowest BCUT2D eigenvalue weighted by atomic mass is 10.1. The molecule has 1 aliphatic rings. The van der Waals surface area contributed by atoms with Gasteiger partial charge in [-0.2, -0.15) is 0 Å². The van der Waals surface area contributed by atoms with E-state index >= 15 is 0 Å². The molecule has 0 unspecified atom stereocenters. The highest BCUT2D eigenvalue weighted by Gasteiger charge is 2.19. The van der Waals surface area contributed by atoms with Crippen molar-refractivity contribution >= 4 is 40.4 Å². The van der Waals surface area contributed by atoms with Crippen LogP contribution in [-0.2, 0) is 11.3 Å². The Kier molecular flexibility index (Phi) is 7.19. The second-order valence-corrected chi connectivity index (χ2v) is 7.39. The Hall–Kier alpha value is -1.53. The second-order valence-electron chi connectivity index (χ2n) is 6.17. The third-order valence-electron chi connectivity index (χ3n) is 4.38. The minimum absolute atomic E-state index is 0.194. The van der Waals surface area contributed by atoms with Gasteiger partial charge in [0, 0.05) is 28.8 Å². The number of para-hydroxylation sites is 1. The van der Waals surface area contributed by atoms with E-state index in [2.05, 4.69) is 5.32 Å². The summed E-state index contributed by atoms with van der Waals surface area (Å²) < 4.78 is 17.1. The predicted octanol–water partition coefficient (Wildman–Crippen LogP) is 5.03. The maximum atomic E-state index is 6.25. The first kappa shape index (κ1) is 20.2. The van der Waals surface area contributed by atoms with Crippen LogP contribution in [0.2, 0.25) is 10.0 Å². The van der Waals surface area contributed by atoms with E-state index < -0.39 is 0 Å². The Morgan fingerprint density at radius 2 is 1.96 bits per heavy atom. The predicted molar refractivity (Wildman–Crippen MR) is 112 cm³/mol. The number of thiocarbonyl (C=S) groups is 1. The first-order chi connectivity index (χ1) is 13.1. The highest BCUT2D eigenvalue weighted by atomic mass is 35.5. The van der Waals surface area contributed by atoms with Crippen molar-refractivity contribution < 1.29 is 14.2 Å². The summed E-state index contributed by atoms with van der Waals surface area (Å²) in [7, 11) is 1.59. The Labute approximate surface area is 174 Å². The molecule has 2 aromatic rings. The van der Waals surface area contributed by atoms with E-state index in [-0.39, 0.29) is 12.7 Å². The largest absolute Gasteiger partial charge is 0.493 e. The van der Waals surface area contributed by atoms with Gasteiger partial charge in [-0.05, 0) is 37.1 Å². The summed E-state index contributed by atoms with van der Waals surface area (Å²) in [4.78, 5) is 0.588. The molecule has 4 nitrogen and oxygen atoms in total. The van der Waals surface area contributed by atoms with Crippen LogP contribution in [0.5, 0.6) is 11.5 Å². The molecule has 2 aromatic carbocycles. The molecule has 27 heavy (non-hydrogen) atoms. The van der Waals surface area contributed by atoms with Crippen LogP contribution in [0.4, 0.5) is 0 Å². The van der Waals surface area contributed by atoms with Crippen molar-refractivity contribution in [1.29, 1.82) is 0 Å². The van der Waals surface area contributed by atoms with Gasteiger partial charge in [0.1, 0.15) is 11.6 Å². The van der Waals surface area contributed by atoms with E-state index in [1.807, 2.05) is 18.2 Å². The summed E-state index contributed by atoms with van der Waals surface area (Å²) in [6, 6.07) is 11.0. The minimum atomic E-state index is 0.194. The van der Waals surface area contributed by atoms with E-state index in [1.165, 1.54) is 0 Å². The molecular formula is C20H21Cl2NO3S. The number of hydrogen-bond acceptors (Lipinski definition) is 4. The third-order valence-corrected chi connectivity index (χ3v) is 5.45. The number of halogens is 2. The van der Waals surface area contributed by atoms with Gasteiger partial charge < -0.3 is 19.5 Å². The van der Waals surface area contributed by atoms with Crippen molar-refractivity contribution in [1.82, 2.24) is 5.32 Å². The van der Waals surface area contributed by atoms with Gasteiger partial charge in [0.05, 0.1) is 18.8 Å². The van der Waals surface area contributed by atoms with Crippen molar-refractivity contribution in [3.63, 3.8) is 0 Å². The Morgan fingerprint density at radius 3 is 2.63 bits per heavy atom. The summed E-state index contributed by atoms with van der Waals surface area (Å²) in [6.45, 7) is 1.69. The quantitative estimate of drug-likeness (QED) is 0.630. The van der Waals surface area contributed by atoms with Crippen LogP contribution in [0, 0.1) is 0 Å². The topological polar surface area (TPSA) is 39.7 Å². The molecule has 1 aliphatic heterocycles. The van der Waals surface area contributed by atoms with Gasteiger partial charge in [0.2, 0.25) is 0 Å². The lowest BCUT2D eigenvalue weighted by molar-refractivity contribution is 0.114.